The maximum Gasteiger partial charge on any atom is 0.123 e. The molecule has 1 unspecified atom stereocenters. The van der Waals surface area contributed by atoms with Crippen molar-refractivity contribution < 1.29 is 0 Å². The summed E-state index contributed by atoms with van der Waals surface area (Å²) < 4.78 is 2.20. The zero-order valence-corrected chi connectivity index (χ0v) is 10.3. The van der Waals surface area contributed by atoms with Crippen molar-refractivity contribution in [1.82, 2.24) is 9.55 Å². The Bertz CT molecular complexity index is 504. The molecule has 1 aromatic heterocycles. The van der Waals surface area contributed by atoms with Crippen LogP contribution in [0.3, 0.4) is 0 Å². The van der Waals surface area contributed by atoms with Gasteiger partial charge >= 0.3 is 0 Å². The van der Waals surface area contributed by atoms with Crippen molar-refractivity contribution >= 4 is 22.6 Å². The van der Waals surface area contributed by atoms with Gasteiger partial charge in [0.1, 0.15) is 5.82 Å². The number of hydrogen-bond donors (Lipinski definition) is 1. The van der Waals surface area contributed by atoms with E-state index in [-0.39, 0.29) is 0 Å². The van der Waals surface area contributed by atoms with Crippen LogP contribution in [0.15, 0.2) is 18.2 Å². The van der Waals surface area contributed by atoms with Crippen LogP contribution in [-0.2, 0) is 6.54 Å². The van der Waals surface area contributed by atoms with Crippen LogP contribution >= 0.6 is 11.6 Å². The number of rotatable bonds is 3. The molecular formula is C12H16ClN3. The van der Waals surface area contributed by atoms with Gasteiger partial charge in [-0.2, -0.15) is 0 Å². The summed E-state index contributed by atoms with van der Waals surface area (Å²) in [6, 6.07) is 6.19. The fraction of sp³-hybridized carbons (Fsp3) is 0.417. The molecule has 0 fully saturated rings. The van der Waals surface area contributed by atoms with Crippen LogP contribution in [0.5, 0.6) is 0 Å². The van der Waals surface area contributed by atoms with Crippen molar-refractivity contribution in [2.75, 3.05) is 0 Å². The Morgan fingerprint density at radius 2 is 2.25 bits per heavy atom. The molecule has 1 atom stereocenters. The van der Waals surface area contributed by atoms with E-state index in [0.29, 0.717) is 17.6 Å². The lowest BCUT2D eigenvalue weighted by Crippen LogP contribution is -2.11. The van der Waals surface area contributed by atoms with Gasteiger partial charge in [0.05, 0.1) is 17.6 Å². The minimum absolute atomic E-state index is 0.407. The second kappa shape index (κ2) is 4.44. The molecule has 0 bridgehead atoms. The minimum Gasteiger partial charge on any atom is -0.324 e. The van der Waals surface area contributed by atoms with E-state index < -0.39 is 0 Å². The lowest BCUT2D eigenvalue weighted by Gasteiger charge is -2.14. The summed E-state index contributed by atoms with van der Waals surface area (Å²) in [6.45, 7) is 4.79. The average Bonchev–Trinajstić information content (AvgIpc) is 2.65. The molecule has 0 aliphatic rings. The van der Waals surface area contributed by atoms with Gasteiger partial charge in [-0.1, -0.05) is 18.5 Å². The largest absolute Gasteiger partial charge is 0.324 e. The average molecular weight is 238 g/mol. The van der Waals surface area contributed by atoms with E-state index in [1.165, 1.54) is 0 Å². The van der Waals surface area contributed by atoms with Gasteiger partial charge in [-0.05, 0) is 31.5 Å². The number of halogens is 1. The van der Waals surface area contributed by atoms with Gasteiger partial charge in [-0.25, -0.2) is 4.98 Å². The summed E-state index contributed by atoms with van der Waals surface area (Å²) in [7, 11) is 0. The maximum atomic E-state index is 5.96. The number of nitrogens with zero attached hydrogens (tertiary/aromatic N) is 2. The third-order valence-corrected chi connectivity index (χ3v) is 3.17. The molecule has 0 aliphatic carbocycles. The van der Waals surface area contributed by atoms with Crippen molar-refractivity contribution in [3.05, 3.63) is 29.0 Å². The highest BCUT2D eigenvalue weighted by Gasteiger charge is 2.13. The highest BCUT2D eigenvalue weighted by Crippen LogP contribution is 2.25. The van der Waals surface area contributed by atoms with Gasteiger partial charge in [0.15, 0.2) is 0 Å². The van der Waals surface area contributed by atoms with E-state index >= 15 is 0 Å². The summed E-state index contributed by atoms with van der Waals surface area (Å²) >= 11 is 5.96. The lowest BCUT2D eigenvalue weighted by atomic mass is 10.2. The van der Waals surface area contributed by atoms with E-state index in [2.05, 4.69) is 23.4 Å². The third kappa shape index (κ3) is 1.81. The van der Waals surface area contributed by atoms with Gasteiger partial charge in [-0.3, -0.25) is 0 Å². The van der Waals surface area contributed by atoms with Gasteiger partial charge in [-0.15, -0.1) is 0 Å². The Hall–Kier alpha value is -1.06. The Morgan fingerprint density at radius 3 is 2.88 bits per heavy atom. The Kier molecular flexibility index (Phi) is 3.17. The quantitative estimate of drug-likeness (QED) is 0.892. The summed E-state index contributed by atoms with van der Waals surface area (Å²) in [4.78, 5) is 4.51. The molecule has 0 spiro atoms. The molecular weight excluding hydrogens is 222 g/mol. The molecule has 0 aliphatic heterocycles. The van der Waals surface area contributed by atoms with Crippen molar-refractivity contribution in [3.8, 4) is 0 Å². The molecule has 2 aromatic rings. The third-order valence-electron chi connectivity index (χ3n) is 2.94. The summed E-state index contributed by atoms with van der Waals surface area (Å²) in [5.41, 5.74) is 7.76. The summed E-state index contributed by atoms with van der Waals surface area (Å²) in [5, 5.41) is 0.713. The smallest absolute Gasteiger partial charge is 0.123 e. The van der Waals surface area contributed by atoms with Gasteiger partial charge < -0.3 is 10.3 Å². The molecule has 2 N–H and O–H groups in total. The van der Waals surface area contributed by atoms with E-state index in [0.717, 1.165) is 23.3 Å². The number of nitrogens with two attached hydrogens (primary N) is 1. The molecule has 4 heteroatoms. The summed E-state index contributed by atoms with van der Waals surface area (Å²) in [5.74, 6) is 0.923. The van der Waals surface area contributed by atoms with Crippen molar-refractivity contribution in [2.45, 2.75) is 32.9 Å². The van der Waals surface area contributed by atoms with Crippen LogP contribution in [0.4, 0.5) is 0 Å². The van der Waals surface area contributed by atoms with E-state index in [4.69, 9.17) is 17.3 Å². The maximum absolute atomic E-state index is 5.96. The first-order valence-electron chi connectivity index (χ1n) is 5.53. The highest BCUT2D eigenvalue weighted by atomic mass is 35.5. The first-order chi connectivity index (χ1) is 7.67. The van der Waals surface area contributed by atoms with Crippen LogP contribution in [0, 0.1) is 0 Å². The number of fused-ring (bicyclic) bond motifs is 1. The van der Waals surface area contributed by atoms with Crippen LogP contribution in [0.2, 0.25) is 5.02 Å². The number of benzene rings is 1. The number of aromatic nitrogens is 2. The van der Waals surface area contributed by atoms with Gasteiger partial charge in [0, 0.05) is 11.1 Å². The zero-order valence-electron chi connectivity index (χ0n) is 9.57. The van der Waals surface area contributed by atoms with Crippen LogP contribution < -0.4 is 5.73 Å². The van der Waals surface area contributed by atoms with Gasteiger partial charge in [0.25, 0.3) is 0 Å². The fourth-order valence-corrected chi connectivity index (χ4v) is 2.11. The first kappa shape index (κ1) is 11.4. The molecule has 0 radical (unpaired) electrons. The SMILES string of the molecule is CCC(C)n1c(CN)nc2cc(Cl)ccc21. The Morgan fingerprint density at radius 1 is 1.50 bits per heavy atom. The second-order valence-corrected chi connectivity index (χ2v) is 4.43. The van der Waals surface area contributed by atoms with Crippen molar-refractivity contribution in [2.24, 2.45) is 5.73 Å². The zero-order chi connectivity index (χ0) is 11.7. The van der Waals surface area contributed by atoms with E-state index in [1.807, 2.05) is 18.2 Å². The van der Waals surface area contributed by atoms with E-state index in [9.17, 15) is 0 Å². The topological polar surface area (TPSA) is 43.8 Å². The van der Waals surface area contributed by atoms with Crippen LogP contribution in [0.25, 0.3) is 11.0 Å². The van der Waals surface area contributed by atoms with Crippen molar-refractivity contribution in [1.29, 1.82) is 0 Å². The normalized spacial score (nSPS) is 13.2. The van der Waals surface area contributed by atoms with Gasteiger partial charge in [0.2, 0.25) is 0 Å². The molecule has 16 heavy (non-hydrogen) atoms. The standard InChI is InChI=1S/C12H16ClN3/c1-3-8(2)16-11-5-4-9(13)6-10(11)15-12(16)7-14/h4-6,8H,3,7,14H2,1-2H3. The Labute approximate surface area is 100 Å². The van der Waals surface area contributed by atoms with Crippen LogP contribution in [-0.4, -0.2) is 9.55 Å². The minimum atomic E-state index is 0.407. The molecule has 0 amide bonds. The molecule has 0 saturated carbocycles. The molecule has 3 nitrogen and oxygen atoms in total. The molecule has 0 saturated heterocycles. The molecule has 2 rings (SSSR count). The Balaban J connectivity index is 2.68. The second-order valence-electron chi connectivity index (χ2n) is 3.99. The predicted octanol–water partition coefficient (Wildman–Crippen LogP) is 3.12. The monoisotopic (exact) mass is 237 g/mol. The molecule has 1 aromatic carbocycles. The molecule has 1 heterocycles. The van der Waals surface area contributed by atoms with Crippen LogP contribution in [0.1, 0.15) is 32.1 Å². The fourth-order valence-electron chi connectivity index (χ4n) is 1.94. The van der Waals surface area contributed by atoms with Crippen molar-refractivity contribution in [3.63, 3.8) is 0 Å². The van der Waals surface area contributed by atoms with E-state index in [1.54, 1.807) is 0 Å². The first-order valence-corrected chi connectivity index (χ1v) is 5.91. The number of imidazole rings is 1. The summed E-state index contributed by atoms with van der Waals surface area (Å²) in [6.07, 6.45) is 1.06. The number of hydrogen-bond acceptors (Lipinski definition) is 2. The predicted molar refractivity (Wildman–Crippen MR) is 67.6 cm³/mol. The highest BCUT2D eigenvalue weighted by molar-refractivity contribution is 6.31. The molecule has 86 valence electrons. The lowest BCUT2D eigenvalue weighted by molar-refractivity contribution is 0.522.